The van der Waals surface area contributed by atoms with Crippen molar-refractivity contribution < 1.29 is 9.53 Å². The maximum atomic E-state index is 11.9. The van der Waals surface area contributed by atoms with Crippen molar-refractivity contribution in [1.29, 1.82) is 0 Å². The first-order valence-electron chi connectivity index (χ1n) is 10.2. The molecule has 0 aromatic heterocycles. The molecule has 162 valence electrons. The van der Waals surface area contributed by atoms with Gasteiger partial charge in [-0.25, -0.2) is 4.99 Å². The van der Waals surface area contributed by atoms with Crippen LogP contribution in [0.1, 0.15) is 36.5 Å². The van der Waals surface area contributed by atoms with Gasteiger partial charge in [-0.15, -0.1) is 24.0 Å². The Hall–Kier alpha value is -2.29. The smallest absolute Gasteiger partial charge is 0.222 e. The molecule has 2 aromatic rings. The Morgan fingerprint density at radius 1 is 1.13 bits per heavy atom. The Bertz CT molecular complexity index is 857. The molecular formula is C23H31IN4O2. The van der Waals surface area contributed by atoms with Gasteiger partial charge in [0.15, 0.2) is 5.96 Å². The molecule has 3 rings (SSSR count). The number of carbonyl (C=O) groups excluding carboxylic acids is 1. The van der Waals surface area contributed by atoms with Crippen molar-refractivity contribution in [2.75, 3.05) is 20.2 Å². The van der Waals surface area contributed by atoms with E-state index in [1.165, 1.54) is 0 Å². The minimum absolute atomic E-state index is 0. The lowest BCUT2D eigenvalue weighted by Gasteiger charge is -2.16. The van der Waals surface area contributed by atoms with Crippen molar-refractivity contribution in [1.82, 2.24) is 15.5 Å². The molecule has 1 amide bonds. The second-order valence-corrected chi connectivity index (χ2v) is 7.10. The predicted octanol–water partition coefficient (Wildman–Crippen LogP) is 3.69. The van der Waals surface area contributed by atoms with E-state index in [4.69, 9.17) is 9.73 Å². The van der Waals surface area contributed by atoms with Gasteiger partial charge in [0, 0.05) is 38.2 Å². The van der Waals surface area contributed by atoms with Crippen LogP contribution >= 0.6 is 24.0 Å². The zero-order valence-corrected chi connectivity index (χ0v) is 20.0. The van der Waals surface area contributed by atoms with Crippen LogP contribution in [0, 0.1) is 0 Å². The van der Waals surface area contributed by atoms with Crippen LogP contribution in [0.25, 0.3) is 0 Å². The van der Waals surface area contributed by atoms with Crippen LogP contribution < -0.4 is 15.4 Å². The van der Waals surface area contributed by atoms with Gasteiger partial charge in [-0.1, -0.05) is 42.5 Å². The second kappa shape index (κ2) is 12.4. The van der Waals surface area contributed by atoms with E-state index in [1.54, 1.807) is 7.11 Å². The molecule has 1 saturated heterocycles. The second-order valence-electron chi connectivity index (χ2n) is 7.10. The molecule has 2 N–H and O–H groups in total. The van der Waals surface area contributed by atoms with Gasteiger partial charge < -0.3 is 20.3 Å². The number of nitrogens with zero attached hydrogens (tertiary/aromatic N) is 2. The topological polar surface area (TPSA) is 66.0 Å². The lowest BCUT2D eigenvalue weighted by atomic mass is 10.1. The predicted molar refractivity (Wildman–Crippen MR) is 131 cm³/mol. The maximum Gasteiger partial charge on any atom is 0.222 e. The number of aliphatic imine (C=N–C) groups is 1. The summed E-state index contributed by atoms with van der Waals surface area (Å²) in [5.41, 5.74) is 3.36. The summed E-state index contributed by atoms with van der Waals surface area (Å²) in [6.07, 6.45) is 1.64. The minimum atomic E-state index is 0. The Labute approximate surface area is 196 Å². The monoisotopic (exact) mass is 522 g/mol. The largest absolute Gasteiger partial charge is 0.496 e. The number of halogens is 1. The van der Waals surface area contributed by atoms with E-state index in [9.17, 15) is 4.79 Å². The van der Waals surface area contributed by atoms with Crippen LogP contribution in [0.15, 0.2) is 53.5 Å². The standard InChI is InChI=1S/C23H30N4O2.HI/c1-3-24-23(26-16-20-10-4-5-11-21(20)29-2)25-15-18-8-6-9-19(14-18)17-27-13-7-12-22(27)28;/h4-6,8-11,14H,3,7,12-13,15-17H2,1-2H3,(H2,24,25,26);1H. The summed E-state index contributed by atoms with van der Waals surface area (Å²) in [7, 11) is 1.68. The third kappa shape index (κ3) is 6.90. The lowest BCUT2D eigenvalue weighted by molar-refractivity contribution is -0.128. The number of hydrogen-bond acceptors (Lipinski definition) is 3. The van der Waals surface area contributed by atoms with Gasteiger partial charge in [0.2, 0.25) is 5.91 Å². The molecule has 0 aliphatic carbocycles. The molecule has 0 bridgehead atoms. The molecule has 0 saturated carbocycles. The number of benzene rings is 2. The van der Waals surface area contributed by atoms with Gasteiger partial charge in [-0.3, -0.25) is 4.79 Å². The normalized spacial score (nSPS) is 13.7. The third-order valence-corrected chi connectivity index (χ3v) is 4.94. The number of nitrogens with one attached hydrogen (secondary N) is 2. The molecule has 1 heterocycles. The molecule has 0 spiro atoms. The first kappa shape index (κ1) is 24.0. The molecule has 0 radical (unpaired) electrons. The average molecular weight is 522 g/mol. The molecule has 7 heteroatoms. The summed E-state index contributed by atoms with van der Waals surface area (Å²) >= 11 is 0. The molecule has 1 aliphatic rings. The van der Waals surface area contributed by atoms with Gasteiger partial charge in [0.05, 0.1) is 13.7 Å². The molecule has 1 fully saturated rings. The van der Waals surface area contributed by atoms with Crippen LogP contribution in [-0.2, 0) is 24.4 Å². The molecular weight excluding hydrogens is 491 g/mol. The number of rotatable bonds is 8. The highest BCUT2D eigenvalue weighted by molar-refractivity contribution is 14.0. The van der Waals surface area contributed by atoms with Gasteiger partial charge in [-0.05, 0) is 30.5 Å². The summed E-state index contributed by atoms with van der Waals surface area (Å²) in [4.78, 5) is 18.5. The number of para-hydroxylation sites is 1. The minimum Gasteiger partial charge on any atom is -0.496 e. The SMILES string of the molecule is CCNC(=NCc1cccc(CN2CCCC2=O)c1)NCc1ccccc1OC.I. The van der Waals surface area contributed by atoms with Crippen LogP contribution in [-0.4, -0.2) is 37.0 Å². The number of guanidine groups is 1. The zero-order chi connectivity index (χ0) is 20.5. The third-order valence-electron chi connectivity index (χ3n) is 4.94. The molecule has 1 aliphatic heterocycles. The molecule has 30 heavy (non-hydrogen) atoms. The van der Waals surface area contributed by atoms with Crippen LogP contribution in [0.4, 0.5) is 0 Å². The van der Waals surface area contributed by atoms with E-state index in [2.05, 4.69) is 28.8 Å². The average Bonchev–Trinajstić information content (AvgIpc) is 3.15. The summed E-state index contributed by atoms with van der Waals surface area (Å²) in [6, 6.07) is 16.3. The van der Waals surface area contributed by atoms with E-state index in [0.717, 1.165) is 47.9 Å². The first-order valence-corrected chi connectivity index (χ1v) is 10.2. The first-order chi connectivity index (χ1) is 14.2. The fourth-order valence-electron chi connectivity index (χ4n) is 3.46. The number of ether oxygens (including phenoxy) is 1. The van der Waals surface area contributed by atoms with Gasteiger partial charge >= 0.3 is 0 Å². The number of amides is 1. The molecule has 6 nitrogen and oxygen atoms in total. The van der Waals surface area contributed by atoms with Crippen molar-refractivity contribution in [2.24, 2.45) is 4.99 Å². The van der Waals surface area contributed by atoms with E-state index in [0.29, 0.717) is 26.1 Å². The molecule has 2 aromatic carbocycles. The Balaban J connectivity index is 0.00000320. The molecule has 0 unspecified atom stereocenters. The van der Waals surface area contributed by atoms with Crippen molar-refractivity contribution in [3.05, 3.63) is 65.2 Å². The quantitative estimate of drug-likeness (QED) is 0.316. The van der Waals surface area contributed by atoms with Crippen LogP contribution in [0.3, 0.4) is 0 Å². The number of methoxy groups -OCH3 is 1. The van der Waals surface area contributed by atoms with Crippen molar-refractivity contribution in [2.45, 2.75) is 39.4 Å². The zero-order valence-electron chi connectivity index (χ0n) is 17.7. The number of likely N-dealkylation sites (tertiary alicyclic amines) is 1. The fraction of sp³-hybridized carbons (Fsp3) is 0.391. The molecule has 0 atom stereocenters. The lowest BCUT2D eigenvalue weighted by Crippen LogP contribution is -2.36. The van der Waals surface area contributed by atoms with Crippen molar-refractivity contribution in [3.8, 4) is 5.75 Å². The maximum absolute atomic E-state index is 11.9. The number of hydrogen-bond donors (Lipinski definition) is 2. The fourth-order valence-corrected chi connectivity index (χ4v) is 3.46. The van der Waals surface area contributed by atoms with Crippen molar-refractivity contribution >= 4 is 35.8 Å². The van der Waals surface area contributed by atoms with E-state index >= 15 is 0 Å². The van der Waals surface area contributed by atoms with Gasteiger partial charge in [-0.2, -0.15) is 0 Å². The summed E-state index contributed by atoms with van der Waals surface area (Å²) in [5, 5.41) is 6.65. The highest BCUT2D eigenvalue weighted by atomic mass is 127. The van der Waals surface area contributed by atoms with E-state index in [1.807, 2.05) is 42.2 Å². The van der Waals surface area contributed by atoms with Crippen LogP contribution in [0.5, 0.6) is 5.75 Å². The highest BCUT2D eigenvalue weighted by Gasteiger charge is 2.19. The summed E-state index contributed by atoms with van der Waals surface area (Å²) in [6.45, 7) is 5.58. The Morgan fingerprint density at radius 3 is 2.67 bits per heavy atom. The summed E-state index contributed by atoms with van der Waals surface area (Å²) < 4.78 is 5.41. The Kier molecular flexibility index (Phi) is 9.93. The Morgan fingerprint density at radius 2 is 1.93 bits per heavy atom. The van der Waals surface area contributed by atoms with E-state index in [-0.39, 0.29) is 29.9 Å². The van der Waals surface area contributed by atoms with Gasteiger partial charge in [0.1, 0.15) is 5.75 Å². The highest BCUT2D eigenvalue weighted by Crippen LogP contribution is 2.17. The van der Waals surface area contributed by atoms with Gasteiger partial charge in [0.25, 0.3) is 0 Å². The number of carbonyl (C=O) groups is 1. The summed E-state index contributed by atoms with van der Waals surface area (Å²) in [5.74, 6) is 1.88. The van der Waals surface area contributed by atoms with E-state index < -0.39 is 0 Å². The van der Waals surface area contributed by atoms with Crippen molar-refractivity contribution in [3.63, 3.8) is 0 Å². The van der Waals surface area contributed by atoms with Crippen LogP contribution in [0.2, 0.25) is 0 Å².